The van der Waals surface area contributed by atoms with Crippen LogP contribution in [0.5, 0.6) is 5.75 Å². The number of urea groups is 1. The number of rotatable bonds is 5. The number of thioether (sulfide) groups is 1. The highest BCUT2D eigenvalue weighted by atomic mass is 32.2. The van der Waals surface area contributed by atoms with Gasteiger partial charge in [-0.25, -0.2) is 4.79 Å². The maximum absolute atomic E-state index is 12.2. The third-order valence-electron chi connectivity index (χ3n) is 3.87. The average molecular weight is 342 g/mol. The molecule has 2 aromatic rings. The molecule has 1 saturated heterocycles. The molecule has 4 nitrogen and oxygen atoms in total. The van der Waals surface area contributed by atoms with Gasteiger partial charge in [0.1, 0.15) is 17.7 Å². The molecule has 1 fully saturated rings. The zero-order valence-corrected chi connectivity index (χ0v) is 14.6. The summed E-state index contributed by atoms with van der Waals surface area (Å²) in [5.41, 5.74) is 2.25. The van der Waals surface area contributed by atoms with Crippen molar-refractivity contribution in [3.63, 3.8) is 0 Å². The number of nitrogens with zero attached hydrogens (tertiary/aromatic N) is 1. The first kappa shape index (κ1) is 16.7. The standard InChI is InChI=1S/C19H22N2O2S/c1-2-20-19(22)21-11-12-24-18(21)16-9-6-10-17(13-16)23-14-15-7-4-3-5-8-15/h3-10,13,18H,2,11-12,14H2,1H3,(H,20,22). The number of carbonyl (C=O) groups excluding carboxylic acids is 1. The molecule has 1 atom stereocenters. The van der Waals surface area contributed by atoms with Crippen LogP contribution in [0.25, 0.3) is 0 Å². The monoisotopic (exact) mass is 342 g/mol. The van der Waals surface area contributed by atoms with E-state index >= 15 is 0 Å². The van der Waals surface area contributed by atoms with Gasteiger partial charge >= 0.3 is 6.03 Å². The van der Waals surface area contributed by atoms with Gasteiger partial charge in [-0.2, -0.15) is 0 Å². The van der Waals surface area contributed by atoms with Crippen LogP contribution in [0.1, 0.15) is 23.4 Å². The van der Waals surface area contributed by atoms with Crippen molar-refractivity contribution >= 4 is 17.8 Å². The molecule has 0 saturated carbocycles. The van der Waals surface area contributed by atoms with E-state index in [0.717, 1.165) is 29.2 Å². The summed E-state index contributed by atoms with van der Waals surface area (Å²) in [5.74, 6) is 1.79. The van der Waals surface area contributed by atoms with E-state index in [0.29, 0.717) is 13.2 Å². The molecule has 1 aliphatic rings. The van der Waals surface area contributed by atoms with Crippen LogP contribution in [0.15, 0.2) is 54.6 Å². The van der Waals surface area contributed by atoms with E-state index in [1.165, 1.54) is 0 Å². The number of benzene rings is 2. The van der Waals surface area contributed by atoms with Crippen LogP contribution >= 0.6 is 11.8 Å². The molecule has 0 aliphatic carbocycles. The van der Waals surface area contributed by atoms with Gasteiger partial charge in [0, 0.05) is 18.8 Å². The maximum atomic E-state index is 12.2. The molecule has 1 heterocycles. The third kappa shape index (κ3) is 4.03. The van der Waals surface area contributed by atoms with Crippen LogP contribution in [0.2, 0.25) is 0 Å². The highest BCUT2D eigenvalue weighted by Gasteiger charge is 2.30. The molecule has 1 N–H and O–H groups in total. The number of ether oxygens (including phenoxy) is 1. The summed E-state index contributed by atoms with van der Waals surface area (Å²) in [7, 11) is 0. The Bertz CT molecular complexity index is 678. The molecule has 0 aromatic heterocycles. The molecule has 0 spiro atoms. The molecular weight excluding hydrogens is 320 g/mol. The van der Waals surface area contributed by atoms with Gasteiger partial charge in [0.05, 0.1) is 0 Å². The van der Waals surface area contributed by atoms with Crippen LogP contribution in [-0.4, -0.2) is 29.8 Å². The lowest BCUT2D eigenvalue weighted by Gasteiger charge is -2.24. The lowest BCUT2D eigenvalue weighted by Crippen LogP contribution is -2.39. The summed E-state index contributed by atoms with van der Waals surface area (Å²) in [6.45, 7) is 3.90. The smallest absolute Gasteiger partial charge is 0.318 e. The lowest BCUT2D eigenvalue weighted by molar-refractivity contribution is 0.201. The summed E-state index contributed by atoms with van der Waals surface area (Å²) in [6.07, 6.45) is 0. The summed E-state index contributed by atoms with van der Waals surface area (Å²) >= 11 is 1.79. The molecule has 3 rings (SSSR count). The molecular formula is C19H22N2O2S. The number of nitrogens with one attached hydrogen (secondary N) is 1. The number of hydrogen-bond acceptors (Lipinski definition) is 3. The van der Waals surface area contributed by atoms with Gasteiger partial charge in [0.2, 0.25) is 0 Å². The SMILES string of the molecule is CCNC(=O)N1CCSC1c1cccc(OCc2ccccc2)c1. The maximum Gasteiger partial charge on any atom is 0.318 e. The lowest BCUT2D eigenvalue weighted by atomic mass is 10.2. The Kier molecular flexibility index (Phi) is 5.64. The first-order valence-electron chi connectivity index (χ1n) is 8.20. The average Bonchev–Trinajstić information content (AvgIpc) is 3.11. The molecule has 126 valence electrons. The Morgan fingerprint density at radius 3 is 2.88 bits per heavy atom. The van der Waals surface area contributed by atoms with Crippen molar-refractivity contribution < 1.29 is 9.53 Å². The minimum atomic E-state index is 0.00288. The van der Waals surface area contributed by atoms with Gasteiger partial charge in [-0.15, -0.1) is 11.8 Å². The second kappa shape index (κ2) is 8.11. The van der Waals surface area contributed by atoms with Crippen molar-refractivity contribution in [1.29, 1.82) is 0 Å². The molecule has 2 aromatic carbocycles. The van der Waals surface area contributed by atoms with E-state index in [1.54, 1.807) is 11.8 Å². The Balaban J connectivity index is 1.69. The van der Waals surface area contributed by atoms with Crippen molar-refractivity contribution in [2.24, 2.45) is 0 Å². The second-order valence-corrected chi connectivity index (χ2v) is 6.79. The molecule has 0 radical (unpaired) electrons. The van der Waals surface area contributed by atoms with E-state index in [1.807, 2.05) is 60.4 Å². The van der Waals surface area contributed by atoms with Crippen molar-refractivity contribution in [2.45, 2.75) is 18.9 Å². The fraction of sp³-hybridized carbons (Fsp3) is 0.316. The first-order chi connectivity index (χ1) is 11.8. The van der Waals surface area contributed by atoms with E-state index in [4.69, 9.17) is 4.74 Å². The fourth-order valence-electron chi connectivity index (χ4n) is 2.71. The number of carbonyl (C=O) groups is 1. The van der Waals surface area contributed by atoms with Gasteiger partial charge in [-0.05, 0) is 30.2 Å². The van der Waals surface area contributed by atoms with Gasteiger partial charge in [0.15, 0.2) is 0 Å². The predicted octanol–water partition coefficient (Wildman–Crippen LogP) is 4.04. The second-order valence-electron chi connectivity index (χ2n) is 5.60. The summed E-state index contributed by atoms with van der Waals surface area (Å²) in [5, 5.41) is 2.94. The molecule has 2 amide bonds. The Labute approximate surface area is 147 Å². The molecule has 0 bridgehead atoms. The molecule has 24 heavy (non-hydrogen) atoms. The minimum Gasteiger partial charge on any atom is -0.489 e. The van der Waals surface area contributed by atoms with Crippen molar-refractivity contribution in [2.75, 3.05) is 18.8 Å². The van der Waals surface area contributed by atoms with Crippen LogP contribution in [0.3, 0.4) is 0 Å². The van der Waals surface area contributed by atoms with Crippen LogP contribution in [-0.2, 0) is 6.61 Å². The van der Waals surface area contributed by atoms with Crippen molar-refractivity contribution in [3.8, 4) is 5.75 Å². The highest BCUT2D eigenvalue weighted by molar-refractivity contribution is 7.99. The highest BCUT2D eigenvalue weighted by Crippen LogP contribution is 2.38. The molecule has 1 aliphatic heterocycles. The Hall–Kier alpha value is -2.14. The Morgan fingerprint density at radius 1 is 1.25 bits per heavy atom. The predicted molar refractivity (Wildman–Crippen MR) is 98.2 cm³/mol. The van der Waals surface area contributed by atoms with E-state index < -0.39 is 0 Å². The summed E-state index contributed by atoms with van der Waals surface area (Å²) < 4.78 is 5.91. The van der Waals surface area contributed by atoms with E-state index in [-0.39, 0.29) is 11.4 Å². The largest absolute Gasteiger partial charge is 0.489 e. The van der Waals surface area contributed by atoms with E-state index in [9.17, 15) is 4.79 Å². The quantitative estimate of drug-likeness (QED) is 0.891. The van der Waals surface area contributed by atoms with Gasteiger partial charge in [-0.3, -0.25) is 0 Å². The summed E-state index contributed by atoms with van der Waals surface area (Å²) in [4.78, 5) is 14.1. The number of hydrogen-bond donors (Lipinski definition) is 1. The van der Waals surface area contributed by atoms with E-state index in [2.05, 4.69) is 11.4 Å². The van der Waals surface area contributed by atoms with Gasteiger partial charge in [0.25, 0.3) is 0 Å². The fourth-order valence-corrected chi connectivity index (χ4v) is 3.95. The zero-order valence-electron chi connectivity index (χ0n) is 13.8. The minimum absolute atomic E-state index is 0.00288. The van der Waals surface area contributed by atoms with Gasteiger partial charge in [-0.1, -0.05) is 42.5 Å². The molecule has 1 unspecified atom stereocenters. The number of amides is 2. The molecule has 5 heteroatoms. The Morgan fingerprint density at radius 2 is 2.08 bits per heavy atom. The zero-order chi connectivity index (χ0) is 16.8. The summed E-state index contributed by atoms with van der Waals surface area (Å²) in [6, 6.07) is 18.2. The normalized spacial score (nSPS) is 16.9. The van der Waals surface area contributed by atoms with Crippen LogP contribution in [0.4, 0.5) is 4.79 Å². The topological polar surface area (TPSA) is 41.6 Å². The van der Waals surface area contributed by atoms with Crippen LogP contribution in [0, 0.1) is 0 Å². The third-order valence-corrected chi connectivity index (χ3v) is 5.13. The van der Waals surface area contributed by atoms with Gasteiger partial charge < -0.3 is 15.0 Å². The van der Waals surface area contributed by atoms with Crippen LogP contribution < -0.4 is 10.1 Å². The van der Waals surface area contributed by atoms with Crippen molar-refractivity contribution in [1.82, 2.24) is 10.2 Å². The first-order valence-corrected chi connectivity index (χ1v) is 9.25. The van der Waals surface area contributed by atoms with Crippen molar-refractivity contribution in [3.05, 3.63) is 65.7 Å².